The van der Waals surface area contributed by atoms with Gasteiger partial charge in [-0.3, -0.25) is 9.59 Å². The Morgan fingerprint density at radius 1 is 1.13 bits per heavy atom. The van der Waals surface area contributed by atoms with Crippen LogP contribution >= 0.6 is 11.6 Å². The third-order valence-corrected chi connectivity index (χ3v) is 7.11. The molecule has 12 heteroatoms. The summed E-state index contributed by atoms with van der Waals surface area (Å²) in [6, 6.07) is 20.9. The summed E-state index contributed by atoms with van der Waals surface area (Å²) < 4.78 is 17.7. The molecule has 45 heavy (non-hydrogen) atoms. The Labute approximate surface area is 266 Å². The van der Waals surface area contributed by atoms with Crippen molar-refractivity contribution in [1.82, 2.24) is 5.32 Å². The highest BCUT2D eigenvalue weighted by Gasteiger charge is 2.53. The maximum atomic E-state index is 14.3. The first-order chi connectivity index (χ1) is 21.5. The average Bonchev–Trinajstić information content (AvgIpc) is 3.40. The average molecular weight is 634 g/mol. The molecule has 4 rings (SSSR count). The molecule has 2 N–H and O–H groups in total. The van der Waals surface area contributed by atoms with Crippen molar-refractivity contribution >= 4 is 35.1 Å². The number of esters is 1. The van der Waals surface area contributed by atoms with Gasteiger partial charge in [-0.1, -0.05) is 53.1 Å². The van der Waals surface area contributed by atoms with Crippen molar-refractivity contribution in [3.8, 4) is 5.75 Å². The van der Waals surface area contributed by atoms with E-state index in [1.165, 1.54) is 0 Å². The second-order valence-corrected chi connectivity index (χ2v) is 11.9. The summed E-state index contributed by atoms with van der Waals surface area (Å²) in [7, 11) is 0. The Morgan fingerprint density at radius 3 is 2.58 bits per heavy atom. The van der Waals surface area contributed by atoms with E-state index in [9.17, 15) is 15.1 Å². The lowest BCUT2D eigenvalue weighted by Crippen LogP contribution is -2.48. The monoisotopic (exact) mass is 633 g/mol. The van der Waals surface area contributed by atoms with Gasteiger partial charge in [0, 0.05) is 52.7 Å². The summed E-state index contributed by atoms with van der Waals surface area (Å²) in [4.78, 5) is 35.1. The number of azide groups is 1. The van der Waals surface area contributed by atoms with Gasteiger partial charge in [-0.2, -0.15) is 0 Å². The summed E-state index contributed by atoms with van der Waals surface area (Å²) in [5, 5.41) is 16.4. The van der Waals surface area contributed by atoms with Crippen LogP contribution in [0.2, 0.25) is 5.02 Å². The van der Waals surface area contributed by atoms with E-state index in [1.807, 2.05) is 6.07 Å². The lowest BCUT2D eigenvalue weighted by molar-refractivity contribution is -0.155. The van der Waals surface area contributed by atoms with Gasteiger partial charge in [0.25, 0.3) is 5.91 Å². The fourth-order valence-electron chi connectivity index (χ4n) is 4.86. The van der Waals surface area contributed by atoms with Gasteiger partial charge < -0.3 is 24.6 Å². The summed E-state index contributed by atoms with van der Waals surface area (Å²) in [5.41, 5.74) is 8.94. The zero-order valence-electron chi connectivity index (χ0n) is 25.4. The highest BCUT2D eigenvalue weighted by Crippen LogP contribution is 2.46. The number of carbonyl (C=O) groups excluding carboxylic acids is 2. The molecule has 0 unspecified atom stereocenters. The van der Waals surface area contributed by atoms with E-state index in [2.05, 4.69) is 15.3 Å². The maximum Gasteiger partial charge on any atom is 0.306 e. The van der Waals surface area contributed by atoms with Gasteiger partial charge in [0.05, 0.1) is 6.61 Å². The van der Waals surface area contributed by atoms with Crippen molar-refractivity contribution in [2.45, 2.75) is 63.8 Å². The minimum Gasteiger partial charge on any atom is -0.494 e. The molecule has 0 fully saturated rings. The zero-order valence-corrected chi connectivity index (χ0v) is 26.2. The third kappa shape index (κ3) is 8.76. The Kier molecular flexibility index (Phi) is 11.1. The molecule has 1 aliphatic heterocycles. The van der Waals surface area contributed by atoms with Crippen molar-refractivity contribution in [1.29, 1.82) is 0 Å². The summed E-state index contributed by atoms with van der Waals surface area (Å²) in [6.07, 6.45) is -0.769. The fourth-order valence-corrected chi connectivity index (χ4v) is 5.08. The molecule has 1 amide bonds. The number of nitrogens with zero attached hydrogens (tertiary/aromatic N) is 4. The normalized spacial score (nSPS) is 17.4. The molecule has 0 saturated carbocycles. The number of benzene rings is 3. The van der Waals surface area contributed by atoms with Crippen LogP contribution in [0, 0.1) is 0 Å². The van der Waals surface area contributed by atoms with E-state index >= 15 is 0 Å². The molecule has 1 heterocycles. The molecule has 2 atom stereocenters. The predicted molar refractivity (Wildman–Crippen MR) is 170 cm³/mol. The van der Waals surface area contributed by atoms with Crippen LogP contribution in [-0.2, 0) is 25.6 Å². The summed E-state index contributed by atoms with van der Waals surface area (Å²) in [6.45, 7) is 5.82. The molecule has 0 bridgehead atoms. The molecule has 0 spiro atoms. The molecule has 11 nitrogen and oxygen atoms in total. The number of aliphatic hydroxyl groups excluding tert-OH is 1. The molecule has 3 aromatic carbocycles. The van der Waals surface area contributed by atoms with Crippen LogP contribution in [0.15, 0.2) is 82.9 Å². The number of aliphatic hydroxyl groups is 1. The standard InChI is InChI=1S/C33H36ClN5O6/c1-32(2,3)45-28(41)16-17-33(31(42)36-21-22-8-6-9-24(34)20-22)29(26-10-4-5-11-27(26)38-39-35)44-30(37-33)23-12-14-25(15-13-23)43-19-7-18-40/h4-6,8-15,20,29,40H,7,16-19,21H2,1-3H3,(H,36,42)/t29-,33-/m1/s1. The lowest BCUT2D eigenvalue weighted by atomic mass is 9.82. The second-order valence-electron chi connectivity index (χ2n) is 11.4. The number of amides is 1. The van der Waals surface area contributed by atoms with E-state index in [0.717, 1.165) is 5.56 Å². The second kappa shape index (κ2) is 14.9. The van der Waals surface area contributed by atoms with Crippen LogP contribution in [-0.4, -0.2) is 47.2 Å². The van der Waals surface area contributed by atoms with Gasteiger partial charge in [-0.25, -0.2) is 4.99 Å². The molecule has 0 saturated heterocycles. The van der Waals surface area contributed by atoms with Crippen LogP contribution in [0.3, 0.4) is 0 Å². The highest BCUT2D eigenvalue weighted by atomic mass is 35.5. The zero-order chi connectivity index (χ0) is 32.5. The smallest absolute Gasteiger partial charge is 0.306 e. The Morgan fingerprint density at radius 2 is 1.89 bits per heavy atom. The number of carbonyl (C=O) groups is 2. The predicted octanol–water partition coefficient (Wildman–Crippen LogP) is 6.74. The van der Waals surface area contributed by atoms with Crippen molar-refractivity contribution in [2.24, 2.45) is 10.1 Å². The van der Waals surface area contributed by atoms with Crippen LogP contribution < -0.4 is 10.1 Å². The minimum absolute atomic E-state index is 0.0200. The van der Waals surface area contributed by atoms with E-state index < -0.39 is 29.1 Å². The van der Waals surface area contributed by atoms with Crippen LogP contribution in [0.5, 0.6) is 5.75 Å². The molecule has 0 aliphatic carbocycles. The van der Waals surface area contributed by atoms with Crippen molar-refractivity contribution in [2.75, 3.05) is 13.2 Å². The number of rotatable bonds is 13. The summed E-state index contributed by atoms with van der Waals surface area (Å²) in [5.74, 6) is -0.239. The number of hydrogen-bond donors (Lipinski definition) is 2. The maximum absolute atomic E-state index is 14.3. The third-order valence-electron chi connectivity index (χ3n) is 6.87. The molecular weight excluding hydrogens is 598 g/mol. The quantitative estimate of drug-likeness (QED) is 0.0698. The van der Waals surface area contributed by atoms with Gasteiger partial charge in [0.15, 0.2) is 11.6 Å². The molecule has 0 radical (unpaired) electrons. The molecule has 236 valence electrons. The topological polar surface area (TPSA) is 155 Å². The first kappa shape index (κ1) is 33.3. The van der Waals surface area contributed by atoms with Crippen molar-refractivity contribution < 1.29 is 28.9 Å². The number of hydrogen-bond acceptors (Lipinski definition) is 8. The van der Waals surface area contributed by atoms with Gasteiger partial charge in [-0.05, 0) is 74.7 Å². The first-order valence-corrected chi connectivity index (χ1v) is 14.9. The van der Waals surface area contributed by atoms with Crippen molar-refractivity contribution in [3.05, 3.63) is 105 Å². The molecule has 1 aliphatic rings. The Hall–Kier alpha value is -4.57. The number of nitrogens with one attached hydrogen (secondary N) is 1. The van der Waals surface area contributed by atoms with Crippen LogP contribution in [0.4, 0.5) is 5.69 Å². The highest BCUT2D eigenvalue weighted by molar-refractivity contribution is 6.30. The van der Waals surface area contributed by atoms with E-state index in [4.69, 9.17) is 35.9 Å². The van der Waals surface area contributed by atoms with Crippen molar-refractivity contribution in [3.63, 3.8) is 0 Å². The number of ether oxygens (including phenoxy) is 3. The fraction of sp³-hybridized carbons (Fsp3) is 0.364. The molecular formula is C33H36ClN5O6. The van der Waals surface area contributed by atoms with E-state index in [-0.39, 0.29) is 37.6 Å². The van der Waals surface area contributed by atoms with Gasteiger partial charge in [0.1, 0.15) is 11.4 Å². The largest absolute Gasteiger partial charge is 0.494 e. The van der Waals surface area contributed by atoms with Gasteiger partial charge in [0.2, 0.25) is 5.90 Å². The SMILES string of the molecule is CC(C)(C)OC(=O)CC[C@@]1(C(=O)NCc2cccc(Cl)c2)N=C(c2ccc(OCCCO)cc2)O[C@@H]1c1ccccc1N=[N+]=[N-]. The van der Waals surface area contributed by atoms with Crippen LogP contribution in [0.25, 0.3) is 10.4 Å². The van der Waals surface area contributed by atoms with Crippen LogP contribution in [0.1, 0.15) is 62.8 Å². The minimum atomic E-state index is -1.65. The lowest BCUT2D eigenvalue weighted by Gasteiger charge is -2.31. The Bertz CT molecular complexity index is 1580. The number of aliphatic imine (C=N–C) groups is 1. The van der Waals surface area contributed by atoms with E-state index in [0.29, 0.717) is 34.9 Å². The molecule has 3 aromatic rings. The molecule has 0 aromatic heterocycles. The number of halogens is 1. The van der Waals surface area contributed by atoms with Gasteiger partial charge in [-0.15, -0.1) is 0 Å². The van der Waals surface area contributed by atoms with E-state index in [1.54, 1.807) is 87.5 Å². The first-order valence-electron chi connectivity index (χ1n) is 14.5. The summed E-state index contributed by atoms with van der Waals surface area (Å²) >= 11 is 6.17. The Balaban J connectivity index is 1.78. The van der Waals surface area contributed by atoms with Gasteiger partial charge >= 0.3 is 5.97 Å².